The van der Waals surface area contributed by atoms with Gasteiger partial charge in [0.15, 0.2) is 0 Å². The molecule has 6 heteroatoms. The SMILES string of the molecule is CC(N)CSCC(=O)Nc1ccccc1C(N)=O. The van der Waals surface area contributed by atoms with E-state index < -0.39 is 5.91 Å². The first-order valence-corrected chi connectivity index (χ1v) is 6.68. The van der Waals surface area contributed by atoms with Crippen LogP contribution in [0.5, 0.6) is 0 Å². The minimum Gasteiger partial charge on any atom is -0.366 e. The quantitative estimate of drug-likeness (QED) is 0.710. The number of hydrogen-bond donors (Lipinski definition) is 3. The second-order valence-electron chi connectivity index (χ2n) is 3.95. The molecule has 0 saturated heterocycles. The largest absolute Gasteiger partial charge is 0.366 e. The summed E-state index contributed by atoms with van der Waals surface area (Å²) in [4.78, 5) is 22.8. The van der Waals surface area contributed by atoms with Crippen LogP contribution in [0.15, 0.2) is 24.3 Å². The van der Waals surface area contributed by atoms with Gasteiger partial charge in [-0.15, -0.1) is 0 Å². The van der Waals surface area contributed by atoms with Crippen molar-refractivity contribution >= 4 is 29.3 Å². The van der Waals surface area contributed by atoms with Gasteiger partial charge in [-0.2, -0.15) is 11.8 Å². The number of rotatable bonds is 6. The number of benzene rings is 1. The van der Waals surface area contributed by atoms with Crippen LogP contribution < -0.4 is 16.8 Å². The lowest BCUT2D eigenvalue weighted by atomic mass is 10.1. The molecule has 1 unspecified atom stereocenters. The Labute approximate surface area is 110 Å². The van der Waals surface area contributed by atoms with Crippen molar-refractivity contribution in [2.75, 3.05) is 16.8 Å². The fraction of sp³-hybridized carbons (Fsp3) is 0.333. The first-order valence-electron chi connectivity index (χ1n) is 5.52. The van der Waals surface area contributed by atoms with E-state index >= 15 is 0 Å². The van der Waals surface area contributed by atoms with E-state index in [0.29, 0.717) is 22.8 Å². The van der Waals surface area contributed by atoms with Gasteiger partial charge >= 0.3 is 0 Å². The number of amides is 2. The van der Waals surface area contributed by atoms with E-state index in [1.807, 2.05) is 6.92 Å². The highest BCUT2D eigenvalue weighted by molar-refractivity contribution is 8.00. The van der Waals surface area contributed by atoms with Crippen molar-refractivity contribution in [2.24, 2.45) is 11.5 Å². The molecule has 0 aromatic heterocycles. The molecular formula is C12H17N3O2S. The zero-order chi connectivity index (χ0) is 13.5. The number of anilines is 1. The molecule has 0 saturated carbocycles. The number of para-hydroxylation sites is 1. The summed E-state index contributed by atoms with van der Waals surface area (Å²) in [5.41, 5.74) is 11.5. The predicted octanol–water partition coefficient (Wildman–Crippen LogP) is 0.804. The van der Waals surface area contributed by atoms with Crippen LogP contribution in [0.2, 0.25) is 0 Å². The molecule has 0 aliphatic heterocycles. The van der Waals surface area contributed by atoms with Crippen molar-refractivity contribution < 1.29 is 9.59 Å². The molecule has 98 valence electrons. The molecule has 1 rings (SSSR count). The number of carbonyl (C=O) groups is 2. The van der Waals surface area contributed by atoms with E-state index in [1.54, 1.807) is 24.3 Å². The number of thioether (sulfide) groups is 1. The number of nitrogens with two attached hydrogens (primary N) is 2. The standard InChI is InChI=1S/C12H17N3O2S/c1-8(13)6-18-7-11(16)15-10-5-3-2-4-9(10)12(14)17/h2-5,8H,6-7,13H2,1H3,(H2,14,17)(H,15,16). The van der Waals surface area contributed by atoms with Crippen LogP contribution in [0.4, 0.5) is 5.69 Å². The highest BCUT2D eigenvalue weighted by Gasteiger charge is 2.10. The first kappa shape index (κ1) is 14.5. The van der Waals surface area contributed by atoms with Gasteiger partial charge in [0.2, 0.25) is 5.91 Å². The highest BCUT2D eigenvalue weighted by Crippen LogP contribution is 2.14. The lowest BCUT2D eigenvalue weighted by molar-refractivity contribution is -0.113. The minimum atomic E-state index is -0.561. The van der Waals surface area contributed by atoms with Gasteiger partial charge in [-0.1, -0.05) is 12.1 Å². The number of nitrogens with one attached hydrogen (secondary N) is 1. The predicted molar refractivity (Wildman–Crippen MR) is 74.6 cm³/mol. The Morgan fingerprint density at radius 2 is 2.06 bits per heavy atom. The Morgan fingerprint density at radius 3 is 2.67 bits per heavy atom. The van der Waals surface area contributed by atoms with Crippen LogP contribution >= 0.6 is 11.8 Å². The van der Waals surface area contributed by atoms with Crippen molar-refractivity contribution in [3.8, 4) is 0 Å². The summed E-state index contributed by atoms with van der Waals surface area (Å²) in [6, 6.07) is 6.71. The molecule has 5 nitrogen and oxygen atoms in total. The van der Waals surface area contributed by atoms with E-state index in [0.717, 1.165) is 0 Å². The lowest BCUT2D eigenvalue weighted by Gasteiger charge is -2.09. The maximum Gasteiger partial charge on any atom is 0.250 e. The fourth-order valence-corrected chi connectivity index (χ4v) is 2.08. The highest BCUT2D eigenvalue weighted by atomic mass is 32.2. The average molecular weight is 267 g/mol. The van der Waals surface area contributed by atoms with Gasteiger partial charge in [-0.25, -0.2) is 0 Å². The molecule has 1 aromatic rings. The van der Waals surface area contributed by atoms with E-state index in [4.69, 9.17) is 11.5 Å². The van der Waals surface area contributed by atoms with Gasteiger partial charge in [-0.3, -0.25) is 9.59 Å². The average Bonchev–Trinajstić information content (AvgIpc) is 2.28. The molecule has 0 spiro atoms. The van der Waals surface area contributed by atoms with Crippen LogP contribution in [0.3, 0.4) is 0 Å². The Balaban J connectivity index is 2.56. The molecule has 0 bridgehead atoms. The molecule has 0 fully saturated rings. The molecule has 18 heavy (non-hydrogen) atoms. The topological polar surface area (TPSA) is 98.2 Å². The summed E-state index contributed by atoms with van der Waals surface area (Å²) in [6.07, 6.45) is 0. The third kappa shape index (κ3) is 4.77. The maximum atomic E-state index is 11.6. The van der Waals surface area contributed by atoms with E-state index in [2.05, 4.69) is 5.32 Å². The van der Waals surface area contributed by atoms with Gasteiger partial charge in [0, 0.05) is 11.8 Å². The van der Waals surface area contributed by atoms with E-state index in [9.17, 15) is 9.59 Å². The molecule has 1 atom stereocenters. The van der Waals surface area contributed by atoms with Crippen LogP contribution in [0.25, 0.3) is 0 Å². The molecule has 0 aliphatic carbocycles. The molecule has 1 aromatic carbocycles. The normalized spacial score (nSPS) is 11.9. The van der Waals surface area contributed by atoms with Gasteiger partial charge in [0.1, 0.15) is 0 Å². The zero-order valence-electron chi connectivity index (χ0n) is 10.2. The summed E-state index contributed by atoms with van der Waals surface area (Å²) in [5.74, 6) is 0.281. The molecular weight excluding hydrogens is 250 g/mol. The Hall–Kier alpha value is -1.53. The van der Waals surface area contributed by atoms with Crippen molar-refractivity contribution in [3.05, 3.63) is 29.8 Å². The fourth-order valence-electron chi connectivity index (χ4n) is 1.33. The van der Waals surface area contributed by atoms with E-state index in [-0.39, 0.29) is 11.9 Å². The summed E-state index contributed by atoms with van der Waals surface area (Å²) >= 11 is 1.45. The smallest absolute Gasteiger partial charge is 0.250 e. The Bertz CT molecular complexity index is 435. The number of primary amides is 1. The van der Waals surface area contributed by atoms with Crippen molar-refractivity contribution in [2.45, 2.75) is 13.0 Å². The monoisotopic (exact) mass is 267 g/mol. The van der Waals surface area contributed by atoms with Gasteiger partial charge in [0.05, 0.1) is 17.0 Å². The number of carbonyl (C=O) groups excluding carboxylic acids is 2. The minimum absolute atomic E-state index is 0.0562. The van der Waals surface area contributed by atoms with Crippen molar-refractivity contribution in [1.82, 2.24) is 0 Å². The molecule has 0 radical (unpaired) electrons. The lowest BCUT2D eigenvalue weighted by Crippen LogP contribution is -2.22. The van der Waals surface area contributed by atoms with Crippen LogP contribution in [0, 0.1) is 0 Å². The molecule has 5 N–H and O–H groups in total. The molecule has 0 aliphatic rings. The van der Waals surface area contributed by atoms with Gasteiger partial charge < -0.3 is 16.8 Å². The van der Waals surface area contributed by atoms with E-state index in [1.165, 1.54) is 11.8 Å². The Kier molecular flexibility index (Phi) is 5.67. The van der Waals surface area contributed by atoms with Crippen molar-refractivity contribution in [3.63, 3.8) is 0 Å². The zero-order valence-corrected chi connectivity index (χ0v) is 11.0. The summed E-state index contributed by atoms with van der Waals surface area (Å²) < 4.78 is 0. The van der Waals surface area contributed by atoms with Crippen molar-refractivity contribution in [1.29, 1.82) is 0 Å². The second-order valence-corrected chi connectivity index (χ2v) is 4.98. The van der Waals surface area contributed by atoms with Crippen LogP contribution in [-0.2, 0) is 4.79 Å². The molecule has 0 heterocycles. The molecule has 2 amide bonds. The summed E-state index contributed by atoms with van der Waals surface area (Å²) in [7, 11) is 0. The third-order valence-corrected chi connectivity index (χ3v) is 3.31. The van der Waals surface area contributed by atoms with Gasteiger partial charge in [-0.05, 0) is 19.1 Å². The summed E-state index contributed by atoms with van der Waals surface area (Å²) in [5, 5.41) is 2.66. The number of hydrogen-bond acceptors (Lipinski definition) is 4. The first-order chi connectivity index (χ1) is 8.50. The summed E-state index contributed by atoms with van der Waals surface area (Å²) in [6.45, 7) is 1.88. The second kappa shape index (κ2) is 7.03. The maximum absolute atomic E-state index is 11.6. The van der Waals surface area contributed by atoms with Crippen LogP contribution in [0.1, 0.15) is 17.3 Å². The van der Waals surface area contributed by atoms with Gasteiger partial charge in [0.25, 0.3) is 5.91 Å². The Morgan fingerprint density at radius 1 is 1.39 bits per heavy atom. The van der Waals surface area contributed by atoms with Crippen LogP contribution in [-0.4, -0.2) is 29.4 Å². The third-order valence-electron chi connectivity index (χ3n) is 2.08.